The largest absolute Gasteiger partial charge is 0.396 e. The zero-order valence-electron chi connectivity index (χ0n) is 15.0. The van der Waals surface area contributed by atoms with Gasteiger partial charge in [0.1, 0.15) is 0 Å². The average Bonchev–Trinajstić information content (AvgIpc) is 2.92. The molecule has 1 fully saturated rings. The van der Waals surface area contributed by atoms with Crippen LogP contribution in [0.3, 0.4) is 0 Å². The summed E-state index contributed by atoms with van der Waals surface area (Å²) in [5.41, 5.74) is -1.65. The van der Waals surface area contributed by atoms with Crippen LogP contribution in [0.5, 0.6) is 0 Å². The molecule has 0 radical (unpaired) electrons. The third-order valence-electron chi connectivity index (χ3n) is 6.42. The highest BCUT2D eigenvalue weighted by Gasteiger charge is 2.60. The summed E-state index contributed by atoms with van der Waals surface area (Å²) in [5, 5.41) is 33.4. The summed E-state index contributed by atoms with van der Waals surface area (Å²) in [4.78, 5) is 0. The van der Waals surface area contributed by atoms with Gasteiger partial charge in [-0.2, -0.15) is 0 Å². The molecule has 3 atom stereocenters. The molecule has 0 saturated heterocycles. The van der Waals surface area contributed by atoms with Crippen LogP contribution in [-0.2, 0) is 0 Å². The minimum Gasteiger partial charge on any atom is -0.396 e. The van der Waals surface area contributed by atoms with E-state index in [4.69, 9.17) is 0 Å². The van der Waals surface area contributed by atoms with E-state index >= 15 is 0 Å². The van der Waals surface area contributed by atoms with Crippen molar-refractivity contribution in [2.75, 3.05) is 13.2 Å². The first-order chi connectivity index (χ1) is 11.4. The smallest absolute Gasteiger partial charge is 0.0866 e. The van der Waals surface area contributed by atoms with Crippen molar-refractivity contribution >= 4 is 13.3 Å². The van der Waals surface area contributed by atoms with E-state index in [1.54, 1.807) is 0 Å². The highest BCUT2D eigenvalue weighted by molar-refractivity contribution is 6.91. The zero-order valence-corrected chi connectivity index (χ0v) is 16.0. The normalized spacial score (nSPS) is 28.7. The molecule has 4 heteroatoms. The molecular weight excluding hydrogens is 316 g/mol. The van der Waals surface area contributed by atoms with Gasteiger partial charge in [-0.25, -0.2) is 0 Å². The van der Waals surface area contributed by atoms with Crippen LogP contribution in [0, 0.1) is 5.41 Å². The van der Waals surface area contributed by atoms with Crippen molar-refractivity contribution < 1.29 is 15.3 Å². The van der Waals surface area contributed by atoms with Crippen molar-refractivity contribution in [3.8, 4) is 0 Å². The van der Waals surface area contributed by atoms with Crippen LogP contribution in [0.15, 0.2) is 43.0 Å². The minimum absolute atomic E-state index is 0.00504. The second-order valence-corrected chi connectivity index (χ2v) is 12.6. The molecule has 2 unspecified atom stereocenters. The highest BCUT2D eigenvalue weighted by Crippen LogP contribution is 2.58. The minimum atomic E-state index is -2.09. The van der Waals surface area contributed by atoms with Crippen LogP contribution in [0.2, 0.25) is 18.6 Å². The Labute approximate surface area is 147 Å². The third-order valence-corrected chi connectivity index (χ3v) is 10.7. The SMILES string of the molecule is C=CCCC1(O)CCCC1(CO)[C@H](CO)[Si](C)(C)c1ccccc1. The molecule has 0 heterocycles. The topological polar surface area (TPSA) is 60.7 Å². The Balaban J connectivity index is 2.47. The van der Waals surface area contributed by atoms with E-state index in [1.165, 1.54) is 5.19 Å². The molecule has 1 aromatic rings. The molecule has 3 N–H and O–H groups in total. The second-order valence-electron chi connectivity index (χ2n) is 7.85. The Hall–Kier alpha value is -0.943. The molecule has 3 nitrogen and oxygen atoms in total. The number of hydrogen-bond acceptors (Lipinski definition) is 3. The summed E-state index contributed by atoms with van der Waals surface area (Å²) < 4.78 is 0. The van der Waals surface area contributed by atoms with Crippen LogP contribution in [0.25, 0.3) is 0 Å². The fourth-order valence-electron chi connectivity index (χ4n) is 4.89. The summed E-state index contributed by atoms with van der Waals surface area (Å²) in [6, 6.07) is 10.3. The summed E-state index contributed by atoms with van der Waals surface area (Å²) in [6.45, 7) is 8.19. The first kappa shape index (κ1) is 19.4. The van der Waals surface area contributed by atoms with E-state index in [9.17, 15) is 15.3 Å². The Bertz CT molecular complexity index is 545. The maximum Gasteiger partial charge on any atom is 0.0866 e. The van der Waals surface area contributed by atoms with Crippen LogP contribution in [-0.4, -0.2) is 42.2 Å². The van der Waals surface area contributed by atoms with Gasteiger partial charge in [-0.1, -0.05) is 54.7 Å². The molecule has 0 amide bonds. The molecule has 1 aromatic carbocycles. The quantitative estimate of drug-likeness (QED) is 0.500. The first-order valence-electron chi connectivity index (χ1n) is 8.98. The van der Waals surface area contributed by atoms with Gasteiger partial charge in [-0.3, -0.25) is 0 Å². The Kier molecular flexibility index (Phi) is 6.08. The van der Waals surface area contributed by atoms with E-state index in [1.807, 2.05) is 24.3 Å². The van der Waals surface area contributed by atoms with E-state index in [2.05, 4.69) is 31.8 Å². The van der Waals surface area contributed by atoms with E-state index < -0.39 is 19.1 Å². The van der Waals surface area contributed by atoms with Crippen molar-refractivity contribution in [2.24, 2.45) is 5.41 Å². The Morgan fingerprint density at radius 2 is 1.88 bits per heavy atom. The summed E-state index contributed by atoms with van der Waals surface area (Å²) in [7, 11) is -2.09. The second kappa shape index (κ2) is 7.52. The van der Waals surface area contributed by atoms with Gasteiger partial charge < -0.3 is 15.3 Å². The maximum atomic E-state index is 11.4. The number of hydrogen-bond donors (Lipinski definition) is 3. The summed E-state index contributed by atoms with van der Waals surface area (Å²) in [5.74, 6) is 0. The van der Waals surface area contributed by atoms with Gasteiger partial charge in [0, 0.05) is 12.0 Å². The molecule has 0 bridgehead atoms. The maximum absolute atomic E-state index is 11.4. The summed E-state index contributed by atoms with van der Waals surface area (Å²) in [6.07, 6.45) is 5.51. The van der Waals surface area contributed by atoms with Gasteiger partial charge in [0.2, 0.25) is 0 Å². The molecule has 1 aliphatic rings. The third kappa shape index (κ3) is 3.13. The van der Waals surface area contributed by atoms with E-state index in [0.717, 1.165) is 19.3 Å². The molecule has 24 heavy (non-hydrogen) atoms. The van der Waals surface area contributed by atoms with E-state index in [0.29, 0.717) is 12.8 Å². The molecule has 0 aromatic heterocycles. The van der Waals surface area contributed by atoms with Gasteiger partial charge in [0.15, 0.2) is 0 Å². The lowest BCUT2D eigenvalue weighted by Crippen LogP contribution is -2.60. The van der Waals surface area contributed by atoms with Crippen molar-refractivity contribution in [1.29, 1.82) is 0 Å². The molecule has 0 aliphatic heterocycles. The molecular formula is C20H32O3Si. The van der Waals surface area contributed by atoms with Crippen LogP contribution >= 0.6 is 0 Å². The van der Waals surface area contributed by atoms with Crippen molar-refractivity contribution in [3.05, 3.63) is 43.0 Å². The molecule has 1 saturated carbocycles. The lowest BCUT2D eigenvalue weighted by Gasteiger charge is -2.51. The van der Waals surface area contributed by atoms with Gasteiger partial charge in [0.25, 0.3) is 0 Å². The predicted octanol–water partition coefficient (Wildman–Crippen LogP) is 2.82. The van der Waals surface area contributed by atoms with Crippen molar-refractivity contribution in [1.82, 2.24) is 0 Å². The van der Waals surface area contributed by atoms with Gasteiger partial charge in [-0.15, -0.1) is 6.58 Å². The van der Waals surface area contributed by atoms with Crippen LogP contribution in [0.4, 0.5) is 0 Å². The number of rotatable bonds is 8. The lowest BCUT2D eigenvalue weighted by molar-refractivity contribution is -0.102. The van der Waals surface area contributed by atoms with Crippen molar-refractivity contribution in [2.45, 2.75) is 56.3 Å². The fraction of sp³-hybridized carbons (Fsp3) is 0.600. The van der Waals surface area contributed by atoms with Gasteiger partial charge >= 0.3 is 0 Å². The standard InChI is InChI=1S/C20H32O3Si/c1-4-5-13-20(23)14-9-12-19(20,16-22)18(15-21)24(2,3)17-10-7-6-8-11-17/h4,6-8,10-11,18,21-23H,1,5,9,12-16H2,2-3H3/t18-,19?,20?/m0/s1. The van der Waals surface area contributed by atoms with E-state index in [-0.39, 0.29) is 18.8 Å². The molecule has 0 spiro atoms. The summed E-state index contributed by atoms with van der Waals surface area (Å²) >= 11 is 0. The zero-order chi connectivity index (χ0) is 17.8. The number of aliphatic hydroxyl groups is 3. The Morgan fingerprint density at radius 1 is 1.21 bits per heavy atom. The van der Waals surface area contributed by atoms with Crippen LogP contribution < -0.4 is 5.19 Å². The monoisotopic (exact) mass is 348 g/mol. The molecule has 2 rings (SSSR count). The average molecular weight is 349 g/mol. The number of aliphatic hydroxyl groups excluding tert-OH is 2. The molecule has 1 aliphatic carbocycles. The van der Waals surface area contributed by atoms with Crippen molar-refractivity contribution in [3.63, 3.8) is 0 Å². The Morgan fingerprint density at radius 3 is 2.42 bits per heavy atom. The number of allylic oxidation sites excluding steroid dienone is 1. The van der Waals surface area contributed by atoms with Gasteiger partial charge in [0.05, 0.1) is 20.3 Å². The van der Waals surface area contributed by atoms with Crippen LogP contribution in [0.1, 0.15) is 32.1 Å². The first-order valence-corrected chi connectivity index (χ1v) is 12.1. The fourth-order valence-corrected chi connectivity index (χ4v) is 8.69. The lowest BCUT2D eigenvalue weighted by atomic mass is 9.70. The predicted molar refractivity (Wildman–Crippen MR) is 102 cm³/mol. The number of benzene rings is 1. The van der Waals surface area contributed by atoms with Gasteiger partial charge in [-0.05, 0) is 37.6 Å². The molecule has 134 valence electrons. The highest BCUT2D eigenvalue weighted by atomic mass is 28.3.